The summed E-state index contributed by atoms with van der Waals surface area (Å²) in [5.41, 5.74) is 1.68. The minimum absolute atomic E-state index is 0.248. The predicted octanol–water partition coefficient (Wildman–Crippen LogP) is 4.64. The van der Waals surface area contributed by atoms with Gasteiger partial charge in [-0.2, -0.15) is 0 Å². The first-order chi connectivity index (χ1) is 11.6. The van der Waals surface area contributed by atoms with Gasteiger partial charge in [-0.3, -0.25) is 0 Å². The van der Waals surface area contributed by atoms with E-state index in [2.05, 4.69) is 12.1 Å². The molecule has 1 aromatic carbocycles. The number of ether oxygens (including phenoxy) is 1. The standard InChI is InChI=1S/C21H31NO3/c1-16(2)14-18(15-23)19(13-12-17-10-8-7-9-11-17)22(6)20(24)25-21(3,4)5/h7-11,14-15,18-19H,12-13H2,1-6H3/t18-,19-/m1/s1. The monoisotopic (exact) mass is 345 g/mol. The van der Waals surface area contributed by atoms with Gasteiger partial charge in [0.25, 0.3) is 0 Å². The summed E-state index contributed by atoms with van der Waals surface area (Å²) < 4.78 is 5.48. The van der Waals surface area contributed by atoms with Gasteiger partial charge in [-0.25, -0.2) is 4.79 Å². The van der Waals surface area contributed by atoms with E-state index >= 15 is 0 Å². The zero-order valence-electron chi connectivity index (χ0n) is 16.3. The Hall–Kier alpha value is -2.10. The molecule has 0 saturated heterocycles. The summed E-state index contributed by atoms with van der Waals surface area (Å²) in [6.45, 7) is 9.43. The van der Waals surface area contributed by atoms with E-state index in [-0.39, 0.29) is 12.0 Å². The lowest BCUT2D eigenvalue weighted by Gasteiger charge is -2.33. The van der Waals surface area contributed by atoms with Crippen molar-refractivity contribution < 1.29 is 14.3 Å². The number of allylic oxidation sites excluding steroid dienone is 1. The number of aryl methyl sites for hydroxylation is 1. The maximum Gasteiger partial charge on any atom is 0.410 e. The number of aldehydes is 1. The average Bonchev–Trinajstić information content (AvgIpc) is 2.52. The second-order valence-corrected chi connectivity index (χ2v) is 7.64. The summed E-state index contributed by atoms with van der Waals surface area (Å²) in [6.07, 6.45) is 3.92. The topological polar surface area (TPSA) is 46.6 Å². The van der Waals surface area contributed by atoms with Crippen LogP contribution >= 0.6 is 0 Å². The molecule has 0 saturated carbocycles. The molecule has 0 aliphatic carbocycles. The van der Waals surface area contributed by atoms with Crippen LogP contribution in [0.25, 0.3) is 0 Å². The molecule has 0 aliphatic heterocycles. The van der Waals surface area contributed by atoms with E-state index in [1.54, 1.807) is 11.9 Å². The van der Waals surface area contributed by atoms with Gasteiger partial charge in [-0.1, -0.05) is 42.0 Å². The number of rotatable bonds is 7. The van der Waals surface area contributed by atoms with Gasteiger partial charge in [0.2, 0.25) is 0 Å². The van der Waals surface area contributed by atoms with Crippen molar-refractivity contribution in [2.24, 2.45) is 5.92 Å². The second-order valence-electron chi connectivity index (χ2n) is 7.64. The molecule has 0 aromatic heterocycles. The molecule has 1 rings (SSSR count). The number of hydrogen-bond acceptors (Lipinski definition) is 3. The van der Waals surface area contributed by atoms with E-state index in [0.29, 0.717) is 6.42 Å². The highest BCUT2D eigenvalue weighted by molar-refractivity contribution is 5.69. The molecule has 1 aromatic rings. The molecule has 4 heteroatoms. The smallest absolute Gasteiger partial charge is 0.410 e. The Bertz CT molecular complexity index is 583. The molecule has 0 bridgehead atoms. The Kier molecular flexibility index (Phi) is 7.88. The van der Waals surface area contributed by atoms with Crippen LogP contribution in [0.2, 0.25) is 0 Å². The van der Waals surface area contributed by atoms with Gasteiger partial charge in [0.1, 0.15) is 11.9 Å². The third kappa shape index (κ3) is 7.55. The molecule has 0 heterocycles. The Balaban J connectivity index is 2.98. The first-order valence-corrected chi connectivity index (χ1v) is 8.74. The largest absolute Gasteiger partial charge is 0.444 e. The number of nitrogens with zero attached hydrogens (tertiary/aromatic N) is 1. The predicted molar refractivity (Wildman–Crippen MR) is 102 cm³/mol. The fraction of sp³-hybridized carbons (Fsp3) is 0.524. The molecule has 0 N–H and O–H groups in total. The van der Waals surface area contributed by atoms with Crippen LogP contribution in [-0.2, 0) is 16.0 Å². The first-order valence-electron chi connectivity index (χ1n) is 8.74. The number of carbonyl (C=O) groups excluding carboxylic acids is 2. The third-order valence-corrected chi connectivity index (χ3v) is 3.88. The molecule has 25 heavy (non-hydrogen) atoms. The van der Waals surface area contributed by atoms with Crippen LogP contribution in [-0.4, -0.2) is 36.0 Å². The fourth-order valence-electron chi connectivity index (χ4n) is 2.70. The van der Waals surface area contributed by atoms with Crippen molar-refractivity contribution in [2.75, 3.05) is 7.05 Å². The minimum Gasteiger partial charge on any atom is -0.444 e. The Morgan fingerprint density at radius 2 is 1.80 bits per heavy atom. The van der Waals surface area contributed by atoms with Crippen LogP contribution in [0.1, 0.15) is 46.6 Å². The van der Waals surface area contributed by atoms with Crippen LogP contribution in [0.15, 0.2) is 42.0 Å². The Labute approximate surface area is 151 Å². The van der Waals surface area contributed by atoms with Gasteiger partial charge in [0.05, 0.1) is 5.92 Å². The van der Waals surface area contributed by atoms with Crippen molar-refractivity contribution in [2.45, 2.75) is 59.1 Å². The van der Waals surface area contributed by atoms with Crippen LogP contribution in [0.3, 0.4) is 0 Å². The molecule has 0 fully saturated rings. The zero-order valence-corrected chi connectivity index (χ0v) is 16.3. The van der Waals surface area contributed by atoms with Crippen molar-refractivity contribution in [3.63, 3.8) is 0 Å². The lowest BCUT2D eigenvalue weighted by molar-refractivity contribution is -0.111. The normalized spacial score (nSPS) is 13.5. The minimum atomic E-state index is -0.567. The van der Waals surface area contributed by atoms with Gasteiger partial charge < -0.3 is 14.4 Å². The maximum atomic E-state index is 12.5. The molecule has 2 atom stereocenters. The highest BCUT2D eigenvalue weighted by Gasteiger charge is 2.29. The summed E-state index contributed by atoms with van der Waals surface area (Å²) in [4.78, 5) is 25.7. The van der Waals surface area contributed by atoms with Crippen LogP contribution in [0.4, 0.5) is 4.79 Å². The van der Waals surface area contributed by atoms with Crippen LogP contribution in [0.5, 0.6) is 0 Å². The SMILES string of the molecule is CC(C)=C[C@H](C=O)[C@@H](CCc1ccccc1)N(C)C(=O)OC(C)(C)C. The summed E-state index contributed by atoms with van der Waals surface area (Å²) in [6, 6.07) is 9.83. The molecule has 4 nitrogen and oxygen atoms in total. The van der Waals surface area contributed by atoms with Crippen molar-refractivity contribution >= 4 is 12.4 Å². The summed E-state index contributed by atoms with van der Waals surface area (Å²) in [5, 5.41) is 0. The number of benzene rings is 1. The van der Waals surface area contributed by atoms with E-state index in [4.69, 9.17) is 4.74 Å². The van der Waals surface area contributed by atoms with E-state index in [9.17, 15) is 9.59 Å². The maximum absolute atomic E-state index is 12.5. The van der Waals surface area contributed by atoms with Crippen molar-refractivity contribution in [1.82, 2.24) is 4.90 Å². The van der Waals surface area contributed by atoms with E-state index in [1.807, 2.05) is 58.9 Å². The highest BCUT2D eigenvalue weighted by Crippen LogP contribution is 2.21. The van der Waals surface area contributed by atoms with Gasteiger partial charge in [0, 0.05) is 13.1 Å². The van der Waals surface area contributed by atoms with Gasteiger partial charge in [-0.05, 0) is 53.0 Å². The highest BCUT2D eigenvalue weighted by atomic mass is 16.6. The summed E-state index contributed by atoms with van der Waals surface area (Å²) >= 11 is 0. The number of carbonyl (C=O) groups is 2. The third-order valence-electron chi connectivity index (χ3n) is 3.88. The number of hydrogen-bond donors (Lipinski definition) is 0. The average molecular weight is 345 g/mol. The lowest BCUT2D eigenvalue weighted by atomic mass is 9.92. The molecule has 0 radical (unpaired) electrons. The van der Waals surface area contributed by atoms with E-state index in [0.717, 1.165) is 18.3 Å². The molecular weight excluding hydrogens is 314 g/mol. The van der Waals surface area contributed by atoms with Crippen molar-refractivity contribution in [3.8, 4) is 0 Å². The summed E-state index contributed by atoms with van der Waals surface area (Å²) in [5.74, 6) is -0.355. The van der Waals surface area contributed by atoms with Crippen molar-refractivity contribution in [3.05, 3.63) is 47.5 Å². The quantitative estimate of drug-likeness (QED) is 0.534. The van der Waals surface area contributed by atoms with Gasteiger partial charge in [-0.15, -0.1) is 0 Å². The zero-order chi connectivity index (χ0) is 19.0. The van der Waals surface area contributed by atoms with E-state index < -0.39 is 11.7 Å². The van der Waals surface area contributed by atoms with Crippen molar-refractivity contribution in [1.29, 1.82) is 0 Å². The lowest BCUT2D eigenvalue weighted by Crippen LogP contribution is -2.44. The Morgan fingerprint density at radius 3 is 2.28 bits per heavy atom. The second kappa shape index (κ2) is 9.40. The molecule has 138 valence electrons. The van der Waals surface area contributed by atoms with Crippen LogP contribution in [0, 0.1) is 5.92 Å². The molecule has 0 unspecified atom stereocenters. The van der Waals surface area contributed by atoms with Crippen LogP contribution < -0.4 is 0 Å². The fourth-order valence-corrected chi connectivity index (χ4v) is 2.70. The van der Waals surface area contributed by atoms with E-state index in [1.165, 1.54) is 5.56 Å². The number of amides is 1. The molecular formula is C21H31NO3. The summed E-state index contributed by atoms with van der Waals surface area (Å²) in [7, 11) is 1.71. The van der Waals surface area contributed by atoms with Gasteiger partial charge in [0.15, 0.2) is 0 Å². The molecule has 0 aliphatic rings. The first kappa shape index (κ1) is 20.9. The Morgan fingerprint density at radius 1 is 1.20 bits per heavy atom. The van der Waals surface area contributed by atoms with Gasteiger partial charge >= 0.3 is 6.09 Å². The molecule has 1 amide bonds. The molecule has 0 spiro atoms.